The standard InChI is InChI=1S/C9H17N3/c1-3-12-6-8(2)11-9(7-12)4-5-10/h8-9,11H,3-4,6-7H2,1-2H3. The molecule has 0 aliphatic carbocycles. The molecule has 1 N–H and O–H groups in total. The van der Waals surface area contributed by atoms with E-state index in [9.17, 15) is 0 Å². The van der Waals surface area contributed by atoms with Gasteiger partial charge in [-0.1, -0.05) is 6.92 Å². The van der Waals surface area contributed by atoms with Crippen molar-refractivity contribution in [1.29, 1.82) is 5.26 Å². The fourth-order valence-electron chi connectivity index (χ4n) is 1.77. The zero-order chi connectivity index (χ0) is 8.97. The van der Waals surface area contributed by atoms with E-state index < -0.39 is 0 Å². The number of likely N-dealkylation sites (N-methyl/N-ethyl adjacent to an activating group) is 1. The average Bonchev–Trinajstić information content (AvgIpc) is 2.04. The Morgan fingerprint density at radius 1 is 1.58 bits per heavy atom. The molecule has 0 radical (unpaired) electrons. The maximum atomic E-state index is 8.56. The lowest BCUT2D eigenvalue weighted by Gasteiger charge is -2.36. The van der Waals surface area contributed by atoms with Gasteiger partial charge >= 0.3 is 0 Å². The monoisotopic (exact) mass is 167 g/mol. The van der Waals surface area contributed by atoms with Crippen molar-refractivity contribution in [1.82, 2.24) is 10.2 Å². The molecule has 0 aromatic rings. The predicted octanol–water partition coefficient (Wildman–Crippen LogP) is 0.582. The lowest BCUT2D eigenvalue weighted by atomic mass is 10.1. The van der Waals surface area contributed by atoms with Gasteiger partial charge in [0.1, 0.15) is 0 Å². The highest BCUT2D eigenvalue weighted by Gasteiger charge is 2.21. The van der Waals surface area contributed by atoms with E-state index in [4.69, 9.17) is 5.26 Å². The lowest BCUT2D eigenvalue weighted by molar-refractivity contribution is 0.175. The number of nitrogens with zero attached hydrogens (tertiary/aromatic N) is 2. The molecule has 0 bridgehead atoms. The molecule has 0 spiro atoms. The van der Waals surface area contributed by atoms with Gasteiger partial charge in [-0.25, -0.2) is 0 Å². The highest BCUT2D eigenvalue weighted by molar-refractivity contribution is 4.89. The average molecular weight is 167 g/mol. The number of rotatable bonds is 2. The molecule has 3 nitrogen and oxygen atoms in total. The van der Waals surface area contributed by atoms with Gasteiger partial charge in [-0.05, 0) is 13.5 Å². The van der Waals surface area contributed by atoms with Gasteiger partial charge in [-0.2, -0.15) is 5.26 Å². The van der Waals surface area contributed by atoms with Crippen LogP contribution in [0, 0.1) is 11.3 Å². The van der Waals surface area contributed by atoms with Gasteiger partial charge in [0, 0.05) is 25.2 Å². The summed E-state index contributed by atoms with van der Waals surface area (Å²) in [5, 5.41) is 12.0. The Balaban J connectivity index is 2.40. The quantitative estimate of drug-likeness (QED) is 0.654. The van der Waals surface area contributed by atoms with Gasteiger partial charge in [0.2, 0.25) is 0 Å². The summed E-state index contributed by atoms with van der Waals surface area (Å²) < 4.78 is 0. The van der Waals surface area contributed by atoms with Gasteiger partial charge in [-0.15, -0.1) is 0 Å². The molecule has 2 unspecified atom stereocenters. The molecule has 0 amide bonds. The Kier molecular flexibility index (Phi) is 3.51. The van der Waals surface area contributed by atoms with Crippen molar-refractivity contribution in [2.45, 2.75) is 32.4 Å². The van der Waals surface area contributed by atoms with E-state index in [1.165, 1.54) is 0 Å². The predicted molar refractivity (Wildman–Crippen MR) is 48.7 cm³/mol. The van der Waals surface area contributed by atoms with Crippen LogP contribution in [0.15, 0.2) is 0 Å². The first-order valence-electron chi connectivity index (χ1n) is 4.61. The van der Waals surface area contributed by atoms with Crippen LogP contribution in [-0.4, -0.2) is 36.6 Å². The zero-order valence-electron chi connectivity index (χ0n) is 7.88. The SMILES string of the molecule is CCN1CC(C)NC(CC#N)C1. The normalized spacial score (nSPS) is 31.4. The first kappa shape index (κ1) is 9.50. The highest BCUT2D eigenvalue weighted by Crippen LogP contribution is 2.05. The number of hydrogen-bond acceptors (Lipinski definition) is 3. The molecule has 3 heteroatoms. The Bertz CT molecular complexity index is 173. The van der Waals surface area contributed by atoms with Gasteiger partial charge in [0.15, 0.2) is 0 Å². The molecule has 1 saturated heterocycles. The van der Waals surface area contributed by atoms with Crippen LogP contribution < -0.4 is 5.32 Å². The molecule has 12 heavy (non-hydrogen) atoms. The zero-order valence-corrected chi connectivity index (χ0v) is 7.88. The second-order valence-corrected chi connectivity index (χ2v) is 3.48. The third-order valence-corrected chi connectivity index (χ3v) is 2.32. The Morgan fingerprint density at radius 2 is 2.33 bits per heavy atom. The third kappa shape index (κ3) is 2.47. The van der Waals surface area contributed by atoms with Crippen LogP contribution >= 0.6 is 0 Å². The maximum absolute atomic E-state index is 8.56. The van der Waals surface area contributed by atoms with Crippen LogP contribution in [0.25, 0.3) is 0 Å². The lowest BCUT2D eigenvalue weighted by Crippen LogP contribution is -2.55. The second-order valence-electron chi connectivity index (χ2n) is 3.48. The van der Waals surface area contributed by atoms with E-state index >= 15 is 0 Å². The van der Waals surface area contributed by atoms with Gasteiger partial charge in [0.05, 0.1) is 12.5 Å². The van der Waals surface area contributed by atoms with Crippen LogP contribution in [0.1, 0.15) is 20.3 Å². The number of nitriles is 1. The molecule has 1 rings (SSSR count). The van der Waals surface area contributed by atoms with Crippen molar-refractivity contribution >= 4 is 0 Å². The van der Waals surface area contributed by atoms with Crippen LogP contribution in [-0.2, 0) is 0 Å². The van der Waals surface area contributed by atoms with Crippen LogP contribution in [0.5, 0.6) is 0 Å². The molecule has 0 aromatic heterocycles. The molecular formula is C9H17N3. The van der Waals surface area contributed by atoms with Crippen molar-refractivity contribution < 1.29 is 0 Å². The Morgan fingerprint density at radius 3 is 2.92 bits per heavy atom. The number of piperazine rings is 1. The van der Waals surface area contributed by atoms with Crippen molar-refractivity contribution in [3.63, 3.8) is 0 Å². The summed E-state index contributed by atoms with van der Waals surface area (Å²) in [7, 11) is 0. The van der Waals surface area contributed by atoms with Crippen molar-refractivity contribution in [3.8, 4) is 6.07 Å². The summed E-state index contributed by atoms with van der Waals surface area (Å²) in [6, 6.07) is 3.11. The van der Waals surface area contributed by atoms with Crippen LogP contribution in [0.3, 0.4) is 0 Å². The first-order valence-corrected chi connectivity index (χ1v) is 4.61. The molecule has 0 saturated carbocycles. The molecular weight excluding hydrogens is 150 g/mol. The third-order valence-electron chi connectivity index (χ3n) is 2.32. The van der Waals surface area contributed by atoms with Crippen molar-refractivity contribution in [2.75, 3.05) is 19.6 Å². The molecule has 2 atom stereocenters. The van der Waals surface area contributed by atoms with Gasteiger partial charge < -0.3 is 10.2 Å². The topological polar surface area (TPSA) is 39.1 Å². The number of hydrogen-bond donors (Lipinski definition) is 1. The summed E-state index contributed by atoms with van der Waals surface area (Å²) in [5.41, 5.74) is 0. The minimum Gasteiger partial charge on any atom is -0.308 e. The van der Waals surface area contributed by atoms with Crippen LogP contribution in [0.4, 0.5) is 0 Å². The molecule has 1 aliphatic heterocycles. The minimum atomic E-state index is 0.374. The minimum absolute atomic E-state index is 0.374. The summed E-state index contributed by atoms with van der Waals surface area (Å²) in [6.45, 7) is 7.56. The summed E-state index contributed by atoms with van der Waals surface area (Å²) in [4.78, 5) is 2.39. The first-order chi connectivity index (χ1) is 5.76. The van der Waals surface area contributed by atoms with Crippen molar-refractivity contribution in [3.05, 3.63) is 0 Å². The number of nitrogens with one attached hydrogen (secondary N) is 1. The molecule has 68 valence electrons. The van der Waals surface area contributed by atoms with E-state index in [0.29, 0.717) is 18.5 Å². The molecule has 1 fully saturated rings. The summed E-state index contributed by atoms with van der Waals surface area (Å²) in [5.74, 6) is 0. The van der Waals surface area contributed by atoms with Crippen molar-refractivity contribution in [2.24, 2.45) is 0 Å². The fourth-order valence-corrected chi connectivity index (χ4v) is 1.77. The molecule has 0 aromatic carbocycles. The maximum Gasteiger partial charge on any atom is 0.0638 e. The summed E-state index contributed by atoms with van der Waals surface area (Å²) >= 11 is 0. The Labute approximate surface area is 74.4 Å². The van der Waals surface area contributed by atoms with Gasteiger partial charge in [-0.3, -0.25) is 0 Å². The second kappa shape index (κ2) is 4.44. The smallest absolute Gasteiger partial charge is 0.0638 e. The van der Waals surface area contributed by atoms with E-state index in [2.05, 4.69) is 30.1 Å². The van der Waals surface area contributed by atoms with Crippen LogP contribution in [0.2, 0.25) is 0 Å². The highest BCUT2D eigenvalue weighted by atomic mass is 15.2. The van der Waals surface area contributed by atoms with E-state index in [0.717, 1.165) is 19.6 Å². The van der Waals surface area contributed by atoms with Gasteiger partial charge in [0.25, 0.3) is 0 Å². The Hall–Kier alpha value is -0.590. The van der Waals surface area contributed by atoms with E-state index in [1.54, 1.807) is 0 Å². The molecule has 1 heterocycles. The molecule has 1 aliphatic rings. The van der Waals surface area contributed by atoms with E-state index in [-0.39, 0.29) is 0 Å². The van der Waals surface area contributed by atoms with E-state index in [1.807, 2.05) is 0 Å². The summed E-state index contributed by atoms with van der Waals surface area (Å²) in [6.07, 6.45) is 0.626. The fraction of sp³-hybridized carbons (Fsp3) is 0.889. The largest absolute Gasteiger partial charge is 0.308 e.